The molecule has 1 aromatic heterocycles. The second-order valence-corrected chi connectivity index (χ2v) is 6.64. The summed E-state index contributed by atoms with van der Waals surface area (Å²) in [6.07, 6.45) is 2.80. The molecule has 3 aromatic rings. The first kappa shape index (κ1) is 21.4. The van der Waals surface area contributed by atoms with E-state index >= 15 is 0 Å². The van der Waals surface area contributed by atoms with Gasteiger partial charge in [0.15, 0.2) is 11.5 Å². The Bertz CT molecular complexity index is 991. The molecule has 0 aliphatic carbocycles. The Morgan fingerprint density at radius 1 is 0.733 bits per heavy atom. The molecule has 0 fully saturated rings. The highest BCUT2D eigenvalue weighted by Gasteiger charge is 2.22. The summed E-state index contributed by atoms with van der Waals surface area (Å²) in [7, 11) is 8.12. The van der Waals surface area contributed by atoms with Crippen LogP contribution in [0.5, 0.6) is 28.7 Å². The molecule has 0 saturated heterocycles. The molecule has 0 saturated carbocycles. The Morgan fingerprint density at radius 2 is 1.33 bits per heavy atom. The van der Waals surface area contributed by atoms with Crippen molar-refractivity contribution in [3.63, 3.8) is 0 Å². The average molecular weight is 412 g/mol. The molecule has 7 nitrogen and oxygen atoms in total. The van der Waals surface area contributed by atoms with Crippen LogP contribution >= 0.6 is 0 Å². The van der Waals surface area contributed by atoms with Gasteiger partial charge in [0.1, 0.15) is 17.2 Å². The molecule has 0 radical (unpaired) electrons. The highest BCUT2D eigenvalue weighted by molar-refractivity contribution is 5.84. The molecule has 0 aliphatic rings. The van der Waals surface area contributed by atoms with E-state index in [0.29, 0.717) is 28.7 Å². The Hall–Kier alpha value is -3.35. The zero-order chi connectivity index (χ0) is 21.7. The summed E-state index contributed by atoms with van der Waals surface area (Å²) in [6, 6.07) is 9.47. The van der Waals surface area contributed by atoms with E-state index < -0.39 is 0 Å². The van der Waals surface area contributed by atoms with Crippen LogP contribution in [0.2, 0.25) is 0 Å². The first-order chi connectivity index (χ1) is 14.6. The zero-order valence-corrected chi connectivity index (χ0v) is 18.3. The number of imidazole rings is 1. The van der Waals surface area contributed by atoms with Crippen molar-refractivity contribution in [2.75, 3.05) is 35.5 Å². The lowest BCUT2D eigenvalue weighted by Gasteiger charge is -2.17. The molecule has 0 aliphatic heterocycles. The molecule has 0 spiro atoms. The van der Waals surface area contributed by atoms with Gasteiger partial charge in [-0.1, -0.05) is 6.92 Å². The third-order valence-corrected chi connectivity index (χ3v) is 4.89. The van der Waals surface area contributed by atoms with E-state index in [1.54, 1.807) is 35.5 Å². The Balaban J connectivity index is 2.30. The molecule has 7 heteroatoms. The number of hydrogen-bond donors (Lipinski definition) is 0. The molecular formula is C23H28N2O5. The minimum Gasteiger partial charge on any atom is -0.497 e. The number of rotatable bonds is 9. The van der Waals surface area contributed by atoms with Crippen molar-refractivity contribution >= 4 is 0 Å². The van der Waals surface area contributed by atoms with E-state index in [-0.39, 0.29) is 0 Å². The molecular weight excluding hydrogens is 384 g/mol. The minimum atomic E-state index is 0.601. The van der Waals surface area contributed by atoms with Gasteiger partial charge in [0.2, 0.25) is 0 Å². The van der Waals surface area contributed by atoms with Crippen molar-refractivity contribution in [3.8, 4) is 51.3 Å². The molecule has 0 atom stereocenters. The first-order valence-corrected chi connectivity index (χ1v) is 9.69. The Morgan fingerprint density at radius 3 is 1.87 bits per heavy atom. The minimum absolute atomic E-state index is 0.601. The number of benzene rings is 2. The first-order valence-electron chi connectivity index (χ1n) is 9.69. The molecule has 2 aromatic carbocycles. The molecule has 3 rings (SSSR count). The maximum atomic E-state index is 5.70. The fraction of sp³-hybridized carbons (Fsp3) is 0.348. The van der Waals surface area contributed by atoms with E-state index in [1.807, 2.05) is 36.7 Å². The van der Waals surface area contributed by atoms with E-state index in [0.717, 1.165) is 35.5 Å². The van der Waals surface area contributed by atoms with Gasteiger partial charge in [0.25, 0.3) is 0 Å². The van der Waals surface area contributed by atoms with Crippen LogP contribution in [0, 0.1) is 0 Å². The number of aromatic nitrogens is 2. The van der Waals surface area contributed by atoms with E-state index in [4.69, 9.17) is 28.7 Å². The number of ether oxygens (including phenoxy) is 5. The maximum absolute atomic E-state index is 5.70. The molecule has 0 N–H and O–H groups in total. The molecule has 1 heterocycles. The van der Waals surface area contributed by atoms with Crippen LogP contribution in [-0.4, -0.2) is 45.1 Å². The quantitative estimate of drug-likeness (QED) is 0.509. The summed E-state index contributed by atoms with van der Waals surface area (Å²) >= 11 is 0. The lowest BCUT2D eigenvalue weighted by molar-refractivity contribution is 0.349. The molecule has 30 heavy (non-hydrogen) atoms. The highest BCUT2D eigenvalue weighted by atomic mass is 16.5. The molecule has 0 amide bonds. The van der Waals surface area contributed by atoms with Gasteiger partial charge >= 0.3 is 0 Å². The smallest absolute Gasteiger partial charge is 0.164 e. The lowest BCUT2D eigenvalue weighted by Crippen LogP contribution is -2.01. The van der Waals surface area contributed by atoms with Gasteiger partial charge in [0.05, 0.1) is 53.3 Å². The van der Waals surface area contributed by atoms with Crippen molar-refractivity contribution in [3.05, 3.63) is 36.7 Å². The lowest BCUT2D eigenvalue weighted by atomic mass is 10.0. The van der Waals surface area contributed by atoms with Crippen molar-refractivity contribution in [1.82, 2.24) is 9.55 Å². The third kappa shape index (κ3) is 4.01. The van der Waals surface area contributed by atoms with E-state index in [1.165, 1.54) is 0 Å². The summed E-state index contributed by atoms with van der Waals surface area (Å²) in [5.41, 5.74) is 3.46. The normalized spacial score (nSPS) is 10.6. The van der Waals surface area contributed by atoms with Crippen LogP contribution in [0.15, 0.2) is 36.7 Å². The number of methoxy groups -OCH3 is 5. The van der Waals surface area contributed by atoms with Gasteiger partial charge in [0, 0.05) is 29.8 Å². The van der Waals surface area contributed by atoms with Gasteiger partial charge in [-0.15, -0.1) is 0 Å². The van der Waals surface area contributed by atoms with Crippen LogP contribution in [0.4, 0.5) is 0 Å². The van der Waals surface area contributed by atoms with Gasteiger partial charge in [-0.05, 0) is 24.6 Å². The Labute approximate surface area is 177 Å². The van der Waals surface area contributed by atoms with Gasteiger partial charge in [-0.25, -0.2) is 4.98 Å². The van der Waals surface area contributed by atoms with Gasteiger partial charge in [-0.2, -0.15) is 0 Å². The summed E-state index contributed by atoms with van der Waals surface area (Å²) in [6.45, 7) is 2.94. The van der Waals surface area contributed by atoms with Crippen LogP contribution in [0.3, 0.4) is 0 Å². The average Bonchev–Trinajstić information content (AvgIpc) is 3.21. The van der Waals surface area contributed by atoms with Crippen LogP contribution in [-0.2, 0) is 6.54 Å². The zero-order valence-electron chi connectivity index (χ0n) is 18.3. The van der Waals surface area contributed by atoms with E-state index in [2.05, 4.69) is 11.5 Å². The highest BCUT2D eigenvalue weighted by Crippen LogP contribution is 2.44. The van der Waals surface area contributed by atoms with Crippen LogP contribution < -0.4 is 23.7 Å². The molecule has 0 bridgehead atoms. The number of hydrogen-bond acceptors (Lipinski definition) is 6. The number of aryl methyl sites for hydroxylation is 1. The summed E-state index contributed by atoms with van der Waals surface area (Å²) in [4.78, 5) is 4.73. The topological polar surface area (TPSA) is 64.0 Å². The predicted octanol–water partition coefficient (Wildman–Crippen LogP) is 4.67. The van der Waals surface area contributed by atoms with Crippen molar-refractivity contribution in [2.45, 2.75) is 19.9 Å². The SMILES string of the molecule is CCCn1cnc(-c2cc(OC)cc(OC)c2)c1-c1cc(OC)c(OC)cc1OC. The standard InChI is InChI=1S/C23H28N2O5/c1-7-8-25-14-24-22(15-9-16(26-2)11-17(10-15)27-3)23(25)18-12-20(29-5)21(30-6)13-19(18)28-4/h9-14H,7-8H2,1-6H3. The van der Waals surface area contributed by atoms with Crippen LogP contribution in [0.1, 0.15) is 13.3 Å². The van der Waals surface area contributed by atoms with E-state index in [9.17, 15) is 0 Å². The Kier molecular flexibility index (Phi) is 6.72. The predicted molar refractivity (Wildman–Crippen MR) is 116 cm³/mol. The van der Waals surface area contributed by atoms with Gasteiger partial charge < -0.3 is 28.3 Å². The molecule has 160 valence electrons. The third-order valence-electron chi connectivity index (χ3n) is 4.89. The fourth-order valence-electron chi connectivity index (χ4n) is 3.44. The van der Waals surface area contributed by atoms with Crippen molar-refractivity contribution in [2.24, 2.45) is 0 Å². The van der Waals surface area contributed by atoms with Crippen molar-refractivity contribution in [1.29, 1.82) is 0 Å². The summed E-state index contributed by atoms with van der Waals surface area (Å²) in [5, 5.41) is 0. The monoisotopic (exact) mass is 412 g/mol. The summed E-state index contributed by atoms with van der Waals surface area (Å²) < 4.78 is 29.7. The molecule has 0 unspecified atom stereocenters. The largest absolute Gasteiger partial charge is 0.497 e. The van der Waals surface area contributed by atoms with Crippen LogP contribution in [0.25, 0.3) is 22.5 Å². The maximum Gasteiger partial charge on any atom is 0.164 e. The summed E-state index contributed by atoms with van der Waals surface area (Å²) in [5.74, 6) is 3.27. The fourth-order valence-corrected chi connectivity index (χ4v) is 3.44. The number of nitrogens with zero attached hydrogens (tertiary/aromatic N) is 2. The van der Waals surface area contributed by atoms with Crippen molar-refractivity contribution < 1.29 is 23.7 Å². The second-order valence-electron chi connectivity index (χ2n) is 6.64. The van der Waals surface area contributed by atoms with Gasteiger partial charge in [-0.3, -0.25) is 0 Å². The second kappa shape index (κ2) is 9.43.